The van der Waals surface area contributed by atoms with Gasteiger partial charge in [-0.15, -0.1) is 0 Å². The molecular weight excluding hydrogens is 252 g/mol. The van der Waals surface area contributed by atoms with E-state index in [0.717, 1.165) is 45.4 Å². The first-order valence-electron chi connectivity index (χ1n) is 7.57. The molecule has 4 nitrogen and oxygen atoms in total. The molecule has 1 atom stereocenters. The predicted molar refractivity (Wildman–Crippen MR) is 79.0 cm³/mol. The Hall–Kier alpha value is -1.55. The Kier molecular flexibility index (Phi) is 4.21. The van der Waals surface area contributed by atoms with Gasteiger partial charge in [-0.25, -0.2) is 0 Å². The molecule has 1 N–H and O–H groups in total. The van der Waals surface area contributed by atoms with Crippen LogP contribution in [0.3, 0.4) is 0 Å². The summed E-state index contributed by atoms with van der Waals surface area (Å²) in [6.45, 7) is 3.33. The van der Waals surface area contributed by atoms with E-state index < -0.39 is 0 Å². The molecule has 1 aromatic rings. The lowest BCUT2D eigenvalue weighted by Gasteiger charge is -2.23. The maximum absolute atomic E-state index is 12.0. The fourth-order valence-corrected chi connectivity index (χ4v) is 3.01. The molecule has 0 aliphatic carbocycles. The van der Waals surface area contributed by atoms with Crippen LogP contribution in [-0.2, 0) is 16.0 Å². The van der Waals surface area contributed by atoms with Gasteiger partial charge in [0.1, 0.15) is 6.10 Å². The minimum Gasteiger partial charge on any atom is -0.369 e. The van der Waals surface area contributed by atoms with Gasteiger partial charge in [0.05, 0.1) is 0 Å². The van der Waals surface area contributed by atoms with Gasteiger partial charge in [0.25, 0.3) is 0 Å². The summed E-state index contributed by atoms with van der Waals surface area (Å²) in [6, 6.07) is 8.51. The number of nitrogens with one attached hydrogen (secondary N) is 1. The molecule has 20 heavy (non-hydrogen) atoms. The fourth-order valence-electron chi connectivity index (χ4n) is 3.01. The van der Waals surface area contributed by atoms with E-state index in [-0.39, 0.29) is 12.0 Å². The van der Waals surface area contributed by atoms with Gasteiger partial charge in [-0.2, -0.15) is 0 Å². The van der Waals surface area contributed by atoms with Gasteiger partial charge in [0, 0.05) is 31.9 Å². The molecule has 4 heteroatoms. The van der Waals surface area contributed by atoms with Crippen molar-refractivity contribution in [1.29, 1.82) is 0 Å². The number of carbonyl (C=O) groups excluding carboxylic acids is 1. The monoisotopic (exact) mass is 274 g/mol. The van der Waals surface area contributed by atoms with E-state index in [1.54, 1.807) is 0 Å². The molecule has 1 aromatic carbocycles. The second-order valence-corrected chi connectivity index (χ2v) is 5.51. The average Bonchev–Trinajstić information content (AvgIpc) is 2.92. The molecule has 2 heterocycles. The van der Waals surface area contributed by atoms with Gasteiger partial charge >= 0.3 is 0 Å². The van der Waals surface area contributed by atoms with E-state index in [9.17, 15) is 4.79 Å². The van der Waals surface area contributed by atoms with E-state index in [2.05, 4.69) is 34.5 Å². The molecule has 0 spiro atoms. The maximum atomic E-state index is 12.0. The molecule has 2 aliphatic heterocycles. The Morgan fingerprint density at radius 2 is 2.25 bits per heavy atom. The number of hydrogen-bond acceptors (Lipinski definition) is 3. The largest absolute Gasteiger partial charge is 0.369 e. The zero-order chi connectivity index (χ0) is 13.8. The van der Waals surface area contributed by atoms with Crippen molar-refractivity contribution in [3.8, 4) is 0 Å². The zero-order valence-electron chi connectivity index (χ0n) is 11.8. The van der Waals surface area contributed by atoms with Crippen molar-refractivity contribution in [3.05, 3.63) is 29.8 Å². The second-order valence-electron chi connectivity index (χ2n) is 5.51. The number of ether oxygens (including phenoxy) is 1. The van der Waals surface area contributed by atoms with Gasteiger partial charge in [-0.1, -0.05) is 18.2 Å². The Morgan fingerprint density at radius 3 is 3.10 bits per heavy atom. The number of anilines is 1. The summed E-state index contributed by atoms with van der Waals surface area (Å²) in [5.74, 6) is 0.0529. The molecular formula is C16H22N2O2. The molecule has 0 saturated carbocycles. The SMILES string of the molecule is O=C(NCCN1CCc2ccccc21)[C@H]1CCCCO1. The van der Waals surface area contributed by atoms with E-state index in [0.29, 0.717) is 6.54 Å². The standard InChI is InChI=1S/C16H22N2O2/c19-16(15-7-3-4-12-20-15)17-9-11-18-10-8-13-5-1-2-6-14(13)18/h1-2,5-6,15H,3-4,7-12H2,(H,17,19)/t15-/m1/s1. The van der Waals surface area contributed by atoms with Crippen molar-refractivity contribution in [2.24, 2.45) is 0 Å². The molecule has 2 aliphatic rings. The van der Waals surface area contributed by atoms with Crippen LogP contribution >= 0.6 is 0 Å². The van der Waals surface area contributed by atoms with Crippen LogP contribution in [0, 0.1) is 0 Å². The fraction of sp³-hybridized carbons (Fsp3) is 0.562. The Bertz CT molecular complexity index is 469. The lowest BCUT2D eigenvalue weighted by atomic mass is 10.1. The summed E-state index contributed by atoms with van der Waals surface area (Å²) in [5, 5.41) is 3.00. The summed E-state index contributed by atoms with van der Waals surface area (Å²) in [5.41, 5.74) is 2.73. The summed E-state index contributed by atoms with van der Waals surface area (Å²) in [7, 11) is 0. The number of benzene rings is 1. The van der Waals surface area contributed by atoms with Gasteiger partial charge in [-0.3, -0.25) is 4.79 Å². The van der Waals surface area contributed by atoms with Crippen molar-refractivity contribution in [3.63, 3.8) is 0 Å². The second kappa shape index (κ2) is 6.27. The Balaban J connectivity index is 1.45. The molecule has 0 unspecified atom stereocenters. The first-order valence-corrected chi connectivity index (χ1v) is 7.57. The topological polar surface area (TPSA) is 41.6 Å². The molecule has 0 bridgehead atoms. The summed E-state index contributed by atoms with van der Waals surface area (Å²) in [6.07, 6.45) is 3.91. The van der Waals surface area contributed by atoms with E-state index in [1.165, 1.54) is 11.3 Å². The first kappa shape index (κ1) is 13.4. The van der Waals surface area contributed by atoms with Crippen molar-refractivity contribution in [1.82, 2.24) is 5.32 Å². The average molecular weight is 274 g/mol. The number of fused-ring (bicyclic) bond motifs is 1. The van der Waals surface area contributed by atoms with Crippen LogP contribution in [0.25, 0.3) is 0 Å². The van der Waals surface area contributed by atoms with Crippen LogP contribution in [-0.4, -0.2) is 38.3 Å². The molecule has 0 radical (unpaired) electrons. The molecule has 3 rings (SSSR count). The van der Waals surface area contributed by atoms with E-state index in [4.69, 9.17) is 4.74 Å². The third-order valence-electron chi connectivity index (χ3n) is 4.14. The Morgan fingerprint density at radius 1 is 1.35 bits per heavy atom. The summed E-state index contributed by atoms with van der Waals surface area (Å²) >= 11 is 0. The van der Waals surface area contributed by atoms with Crippen LogP contribution < -0.4 is 10.2 Å². The lowest BCUT2D eigenvalue weighted by Crippen LogP contribution is -2.41. The van der Waals surface area contributed by atoms with Gasteiger partial charge in [-0.05, 0) is 37.3 Å². The van der Waals surface area contributed by atoms with Crippen LogP contribution in [0.4, 0.5) is 5.69 Å². The van der Waals surface area contributed by atoms with Crippen LogP contribution in [0.2, 0.25) is 0 Å². The number of rotatable bonds is 4. The predicted octanol–water partition coefficient (Wildman–Crippen LogP) is 1.73. The Labute approximate surface area is 120 Å². The number of carbonyl (C=O) groups is 1. The van der Waals surface area contributed by atoms with Crippen LogP contribution in [0.15, 0.2) is 24.3 Å². The van der Waals surface area contributed by atoms with Crippen molar-refractivity contribution in [2.45, 2.75) is 31.8 Å². The molecule has 108 valence electrons. The smallest absolute Gasteiger partial charge is 0.249 e. The normalized spacial score (nSPS) is 21.6. The van der Waals surface area contributed by atoms with Gasteiger partial charge < -0.3 is 15.0 Å². The number of amides is 1. The van der Waals surface area contributed by atoms with E-state index in [1.807, 2.05) is 0 Å². The van der Waals surface area contributed by atoms with Crippen molar-refractivity contribution >= 4 is 11.6 Å². The van der Waals surface area contributed by atoms with Crippen LogP contribution in [0.1, 0.15) is 24.8 Å². The molecule has 0 aromatic heterocycles. The minimum absolute atomic E-state index is 0.0529. The first-order chi connectivity index (χ1) is 9.84. The summed E-state index contributed by atoms with van der Waals surface area (Å²) < 4.78 is 5.49. The number of nitrogens with zero attached hydrogens (tertiary/aromatic N) is 1. The quantitative estimate of drug-likeness (QED) is 0.909. The van der Waals surface area contributed by atoms with Gasteiger partial charge in [0.2, 0.25) is 5.91 Å². The third kappa shape index (κ3) is 2.96. The highest BCUT2D eigenvalue weighted by Gasteiger charge is 2.22. The highest BCUT2D eigenvalue weighted by Crippen LogP contribution is 2.26. The third-order valence-corrected chi connectivity index (χ3v) is 4.14. The number of hydrogen-bond donors (Lipinski definition) is 1. The summed E-state index contributed by atoms with van der Waals surface area (Å²) in [4.78, 5) is 14.3. The maximum Gasteiger partial charge on any atom is 0.249 e. The highest BCUT2D eigenvalue weighted by atomic mass is 16.5. The van der Waals surface area contributed by atoms with Gasteiger partial charge in [0.15, 0.2) is 0 Å². The molecule has 1 fully saturated rings. The number of para-hydroxylation sites is 1. The minimum atomic E-state index is -0.227. The molecule has 1 amide bonds. The van der Waals surface area contributed by atoms with Crippen molar-refractivity contribution < 1.29 is 9.53 Å². The molecule has 1 saturated heterocycles. The highest BCUT2D eigenvalue weighted by molar-refractivity contribution is 5.80. The van der Waals surface area contributed by atoms with Crippen LogP contribution in [0.5, 0.6) is 0 Å². The zero-order valence-corrected chi connectivity index (χ0v) is 11.8. The van der Waals surface area contributed by atoms with Crippen molar-refractivity contribution in [2.75, 3.05) is 31.1 Å². The van der Waals surface area contributed by atoms with E-state index >= 15 is 0 Å². The lowest BCUT2D eigenvalue weighted by molar-refractivity contribution is -0.135.